The summed E-state index contributed by atoms with van der Waals surface area (Å²) in [7, 11) is 0. The van der Waals surface area contributed by atoms with Crippen molar-refractivity contribution in [2.45, 2.75) is 45.1 Å². The third-order valence-electron chi connectivity index (χ3n) is 5.98. The van der Waals surface area contributed by atoms with Crippen LogP contribution in [0.15, 0.2) is 53.9 Å². The summed E-state index contributed by atoms with van der Waals surface area (Å²) >= 11 is 1.40. The molecule has 1 fully saturated rings. The number of para-hydroxylation sites is 1. The Morgan fingerprint density at radius 2 is 1.89 bits per heavy atom. The lowest BCUT2D eigenvalue weighted by molar-refractivity contribution is -0.122. The van der Waals surface area contributed by atoms with Gasteiger partial charge in [0.1, 0.15) is 5.75 Å². The number of ether oxygens (including phenoxy) is 2. The molecule has 182 valence electrons. The van der Waals surface area contributed by atoms with Crippen LogP contribution in [0.3, 0.4) is 0 Å². The summed E-state index contributed by atoms with van der Waals surface area (Å²) < 4.78 is 11.5. The van der Waals surface area contributed by atoms with Crippen LogP contribution >= 0.6 is 11.3 Å². The van der Waals surface area contributed by atoms with Crippen LogP contribution in [0.5, 0.6) is 5.75 Å². The first-order valence-corrected chi connectivity index (χ1v) is 12.6. The third kappa shape index (κ3) is 5.70. The van der Waals surface area contributed by atoms with Crippen molar-refractivity contribution in [1.82, 2.24) is 9.88 Å². The molecule has 9 heteroatoms. The molecule has 0 aliphatic carbocycles. The predicted molar refractivity (Wildman–Crippen MR) is 135 cm³/mol. The van der Waals surface area contributed by atoms with Gasteiger partial charge < -0.3 is 14.8 Å². The Hall–Kier alpha value is -3.27. The predicted octanol–water partition coefficient (Wildman–Crippen LogP) is 3.95. The average molecular weight is 493 g/mol. The van der Waals surface area contributed by atoms with Crippen LogP contribution < -0.4 is 15.4 Å². The second-order valence-corrected chi connectivity index (χ2v) is 9.90. The molecule has 0 saturated carbocycles. The topological polar surface area (TPSA) is 92.8 Å². The zero-order chi connectivity index (χ0) is 24.4. The summed E-state index contributed by atoms with van der Waals surface area (Å²) in [6, 6.07) is 14.5. The minimum Gasteiger partial charge on any atom is -0.480 e. The maximum atomic E-state index is 12.8. The highest BCUT2D eigenvalue weighted by Crippen LogP contribution is 2.29. The van der Waals surface area contributed by atoms with E-state index >= 15 is 0 Å². The van der Waals surface area contributed by atoms with E-state index in [4.69, 9.17) is 9.47 Å². The molecule has 3 unspecified atom stereocenters. The van der Waals surface area contributed by atoms with E-state index < -0.39 is 6.10 Å². The van der Waals surface area contributed by atoms with Gasteiger partial charge in [0.05, 0.1) is 17.9 Å². The van der Waals surface area contributed by atoms with Crippen LogP contribution in [0.4, 0.5) is 10.8 Å². The molecular weight excluding hydrogens is 464 g/mol. The van der Waals surface area contributed by atoms with Gasteiger partial charge in [-0.1, -0.05) is 24.3 Å². The largest absolute Gasteiger partial charge is 0.480 e. The zero-order valence-corrected chi connectivity index (χ0v) is 20.5. The van der Waals surface area contributed by atoms with Gasteiger partial charge in [-0.2, -0.15) is 0 Å². The van der Waals surface area contributed by atoms with E-state index in [-0.39, 0.29) is 24.0 Å². The Labute approximate surface area is 208 Å². The van der Waals surface area contributed by atoms with Crippen molar-refractivity contribution in [2.24, 2.45) is 0 Å². The summed E-state index contributed by atoms with van der Waals surface area (Å²) in [6.45, 7) is 6.59. The molecule has 2 aromatic carbocycles. The quantitative estimate of drug-likeness (QED) is 0.541. The fourth-order valence-corrected chi connectivity index (χ4v) is 5.23. The van der Waals surface area contributed by atoms with Crippen molar-refractivity contribution in [2.75, 3.05) is 23.7 Å². The first-order valence-electron chi connectivity index (χ1n) is 11.7. The molecule has 0 radical (unpaired) electrons. The molecule has 2 amide bonds. The van der Waals surface area contributed by atoms with Crippen molar-refractivity contribution in [3.63, 3.8) is 0 Å². The number of amides is 2. The van der Waals surface area contributed by atoms with Gasteiger partial charge in [-0.25, -0.2) is 4.98 Å². The Kier molecular flexibility index (Phi) is 6.81. The van der Waals surface area contributed by atoms with Crippen LogP contribution in [-0.2, 0) is 22.5 Å². The SMILES string of the molecule is CC1CN(Cc2csc(NC(=O)c3cccc(NC(=O)C4Cc5ccccc5O4)c3)n2)CC(C)O1. The molecule has 1 saturated heterocycles. The summed E-state index contributed by atoms with van der Waals surface area (Å²) in [6.07, 6.45) is 0.326. The number of carbonyl (C=O) groups is 2. The molecule has 3 heterocycles. The number of fused-ring (bicyclic) bond motifs is 1. The van der Waals surface area contributed by atoms with Gasteiger partial charge >= 0.3 is 0 Å². The number of carbonyl (C=O) groups excluding carboxylic acids is 2. The summed E-state index contributed by atoms with van der Waals surface area (Å²) in [5, 5.41) is 8.25. The number of hydrogen-bond donors (Lipinski definition) is 2. The number of hydrogen-bond acceptors (Lipinski definition) is 7. The molecular formula is C26H28N4O4S. The number of anilines is 2. The maximum Gasteiger partial charge on any atom is 0.265 e. The fraction of sp³-hybridized carbons (Fsp3) is 0.346. The van der Waals surface area contributed by atoms with E-state index in [1.54, 1.807) is 24.3 Å². The van der Waals surface area contributed by atoms with E-state index in [1.165, 1.54) is 11.3 Å². The molecule has 5 rings (SSSR count). The fourth-order valence-electron chi connectivity index (χ4n) is 4.54. The minimum absolute atomic E-state index is 0.194. The van der Waals surface area contributed by atoms with Gasteiger partial charge in [-0.3, -0.25) is 19.8 Å². The summed E-state index contributed by atoms with van der Waals surface area (Å²) in [5.74, 6) is 0.219. The lowest BCUT2D eigenvalue weighted by Gasteiger charge is -2.34. The van der Waals surface area contributed by atoms with Crippen LogP contribution in [-0.4, -0.2) is 53.1 Å². The second kappa shape index (κ2) is 10.2. The van der Waals surface area contributed by atoms with Crippen molar-refractivity contribution < 1.29 is 19.1 Å². The van der Waals surface area contributed by atoms with Crippen molar-refractivity contribution >= 4 is 34.0 Å². The molecule has 0 bridgehead atoms. The summed E-state index contributed by atoms with van der Waals surface area (Å²) in [4.78, 5) is 32.4. The Bertz CT molecular complexity index is 1190. The summed E-state index contributed by atoms with van der Waals surface area (Å²) in [5.41, 5.74) is 2.91. The Morgan fingerprint density at radius 1 is 1.09 bits per heavy atom. The monoisotopic (exact) mass is 492 g/mol. The third-order valence-corrected chi connectivity index (χ3v) is 6.79. The second-order valence-electron chi connectivity index (χ2n) is 9.04. The number of nitrogens with zero attached hydrogens (tertiary/aromatic N) is 2. The number of thiazole rings is 1. The van der Waals surface area contributed by atoms with E-state index in [9.17, 15) is 9.59 Å². The highest BCUT2D eigenvalue weighted by Gasteiger charge is 2.29. The maximum absolute atomic E-state index is 12.8. The van der Waals surface area contributed by atoms with E-state index in [2.05, 4.69) is 34.4 Å². The highest BCUT2D eigenvalue weighted by molar-refractivity contribution is 7.14. The van der Waals surface area contributed by atoms with Gasteiger partial charge in [0.2, 0.25) is 0 Å². The molecule has 35 heavy (non-hydrogen) atoms. The minimum atomic E-state index is -0.587. The van der Waals surface area contributed by atoms with Crippen molar-refractivity contribution in [3.05, 3.63) is 70.7 Å². The van der Waals surface area contributed by atoms with Gasteiger partial charge in [-0.05, 0) is 43.7 Å². The molecule has 1 aromatic heterocycles. The Balaban J connectivity index is 1.17. The molecule has 3 aromatic rings. The van der Waals surface area contributed by atoms with E-state index in [0.29, 0.717) is 22.8 Å². The average Bonchev–Trinajstić information content (AvgIpc) is 3.45. The number of aromatic nitrogens is 1. The van der Waals surface area contributed by atoms with Crippen LogP contribution in [0.2, 0.25) is 0 Å². The highest BCUT2D eigenvalue weighted by atomic mass is 32.1. The molecule has 2 aliphatic rings. The van der Waals surface area contributed by atoms with Gasteiger partial charge in [0.15, 0.2) is 11.2 Å². The number of nitrogens with one attached hydrogen (secondary N) is 2. The number of morpholine rings is 1. The van der Waals surface area contributed by atoms with Crippen LogP contribution in [0.25, 0.3) is 0 Å². The van der Waals surface area contributed by atoms with Crippen LogP contribution in [0.1, 0.15) is 35.5 Å². The Morgan fingerprint density at radius 3 is 2.69 bits per heavy atom. The zero-order valence-electron chi connectivity index (χ0n) is 19.7. The molecule has 8 nitrogen and oxygen atoms in total. The van der Waals surface area contributed by atoms with Crippen LogP contribution in [0, 0.1) is 0 Å². The van der Waals surface area contributed by atoms with Gasteiger partial charge in [-0.15, -0.1) is 11.3 Å². The first kappa shape index (κ1) is 23.5. The van der Waals surface area contributed by atoms with E-state index in [1.807, 2.05) is 29.6 Å². The smallest absolute Gasteiger partial charge is 0.265 e. The number of benzene rings is 2. The number of rotatable bonds is 6. The van der Waals surface area contributed by atoms with E-state index in [0.717, 1.165) is 36.6 Å². The standard InChI is InChI=1S/C26H28N4O4S/c1-16-12-30(13-17(2)33-16)14-21-15-35-26(28-21)29-24(31)19-7-5-8-20(10-19)27-25(32)23-11-18-6-3-4-9-22(18)34-23/h3-10,15-17,23H,11-14H2,1-2H3,(H,27,32)(H,28,29,31). The van der Waals surface area contributed by atoms with Gasteiger partial charge in [0.25, 0.3) is 11.8 Å². The van der Waals surface area contributed by atoms with Crippen molar-refractivity contribution in [1.29, 1.82) is 0 Å². The molecule has 2 aliphatic heterocycles. The lowest BCUT2D eigenvalue weighted by atomic mass is 10.1. The van der Waals surface area contributed by atoms with Crippen molar-refractivity contribution in [3.8, 4) is 5.75 Å². The first-order chi connectivity index (χ1) is 16.9. The normalized spacial score (nSPS) is 21.7. The molecule has 0 spiro atoms. The lowest BCUT2D eigenvalue weighted by Crippen LogP contribution is -2.44. The molecule has 3 atom stereocenters. The van der Waals surface area contributed by atoms with Gasteiger partial charge in [0, 0.05) is 42.7 Å². The molecule has 2 N–H and O–H groups in total.